The van der Waals surface area contributed by atoms with Crippen LogP contribution >= 0.6 is 0 Å². The van der Waals surface area contributed by atoms with E-state index in [0.717, 1.165) is 0 Å². The van der Waals surface area contributed by atoms with Crippen molar-refractivity contribution in [3.8, 4) is 0 Å². The number of ether oxygens (including phenoxy) is 1. The molecule has 0 fully saturated rings. The summed E-state index contributed by atoms with van der Waals surface area (Å²) in [5, 5.41) is 11.0. The minimum absolute atomic E-state index is 0.519. The lowest BCUT2D eigenvalue weighted by Gasteiger charge is -2.18. The Kier molecular flexibility index (Phi) is 5.67. The van der Waals surface area contributed by atoms with Crippen molar-refractivity contribution in [2.24, 2.45) is 5.73 Å². The molecule has 7 heteroatoms. The van der Waals surface area contributed by atoms with E-state index in [1.54, 1.807) is 30.3 Å². The molecular formula is C13H16N2O5. The van der Waals surface area contributed by atoms with Crippen molar-refractivity contribution in [1.82, 2.24) is 5.32 Å². The molecule has 20 heavy (non-hydrogen) atoms. The molecule has 4 N–H and O–H groups in total. The largest absolute Gasteiger partial charge is 0.481 e. The van der Waals surface area contributed by atoms with Crippen molar-refractivity contribution in [3.05, 3.63) is 35.9 Å². The van der Waals surface area contributed by atoms with E-state index in [0.29, 0.717) is 5.56 Å². The van der Waals surface area contributed by atoms with Crippen molar-refractivity contribution in [2.75, 3.05) is 7.11 Å². The van der Waals surface area contributed by atoms with Gasteiger partial charge in [-0.05, 0) is 5.56 Å². The van der Waals surface area contributed by atoms with Crippen LogP contribution in [0, 0.1) is 0 Å². The third-order valence-corrected chi connectivity index (χ3v) is 2.59. The van der Waals surface area contributed by atoms with Crippen LogP contribution in [0.3, 0.4) is 0 Å². The summed E-state index contributed by atoms with van der Waals surface area (Å²) in [7, 11) is 1.20. The number of amides is 1. The first-order valence-electron chi connectivity index (χ1n) is 5.86. The zero-order valence-electron chi connectivity index (χ0n) is 10.9. The summed E-state index contributed by atoms with van der Waals surface area (Å²) in [6, 6.07) is 6.20. The molecule has 0 heterocycles. The molecule has 108 valence electrons. The number of nitrogens with one attached hydrogen (secondary N) is 1. The van der Waals surface area contributed by atoms with E-state index < -0.39 is 36.4 Å². The lowest BCUT2D eigenvalue weighted by atomic mass is 10.1. The van der Waals surface area contributed by atoms with Crippen LogP contribution in [0.2, 0.25) is 0 Å². The quantitative estimate of drug-likeness (QED) is 0.622. The second-order valence-electron chi connectivity index (χ2n) is 4.08. The van der Waals surface area contributed by atoms with Crippen molar-refractivity contribution in [1.29, 1.82) is 0 Å². The Labute approximate surface area is 115 Å². The molecule has 0 saturated carbocycles. The maximum absolute atomic E-state index is 11.8. The number of benzene rings is 1. The number of aliphatic carboxylic acids is 1. The molecule has 0 spiro atoms. The Hall–Kier alpha value is -2.41. The monoisotopic (exact) mass is 280 g/mol. The number of carboxylic acid groups (broad SMARTS) is 1. The Morgan fingerprint density at radius 2 is 1.90 bits per heavy atom. The number of hydrogen-bond acceptors (Lipinski definition) is 5. The molecule has 2 atom stereocenters. The van der Waals surface area contributed by atoms with Crippen LogP contribution in [-0.2, 0) is 19.1 Å². The van der Waals surface area contributed by atoms with Crippen LogP contribution < -0.4 is 11.1 Å². The minimum atomic E-state index is -1.23. The molecule has 0 bridgehead atoms. The average Bonchev–Trinajstić information content (AvgIpc) is 2.43. The van der Waals surface area contributed by atoms with Gasteiger partial charge < -0.3 is 20.9 Å². The zero-order chi connectivity index (χ0) is 15.1. The molecule has 0 aliphatic heterocycles. The van der Waals surface area contributed by atoms with Crippen LogP contribution in [0.25, 0.3) is 0 Å². The second-order valence-corrected chi connectivity index (χ2v) is 4.08. The highest BCUT2D eigenvalue weighted by atomic mass is 16.5. The van der Waals surface area contributed by atoms with Gasteiger partial charge in [0.2, 0.25) is 5.91 Å². The van der Waals surface area contributed by atoms with Gasteiger partial charge in [0, 0.05) is 0 Å². The first kappa shape index (κ1) is 15.6. The predicted molar refractivity (Wildman–Crippen MR) is 69.6 cm³/mol. The second kappa shape index (κ2) is 7.25. The third kappa shape index (κ3) is 4.36. The Morgan fingerprint density at radius 1 is 1.30 bits per heavy atom. The van der Waals surface area contributed by atoms with Gasteiger partial charge in [0.1, 0.15) is 0 Å². The summed E-state index contributed by atoms with van der Waals surface area (Å²) in [4.78, 5) is 34.0. The summed E-state index contributed by atoms with van der Waals surface area (Å²) in [6.45, 7) is 0. The van der Waals surface area contributed by atoms with Gasteiger partial charge in [-0.25, -0.2) is 4.79 Å². The fraction of sp³-hybridized carbons (Fsp3) is 0.308. The fourth-order valence-corrected chi connectivity index (χ4v) is 1.57. The number of esters is 1. The van der Waals surface area contributed by atoms with Crippen molar-refractivity contribution in [3.63, 3.8) is 0 Å². The molecule has 0 saturated heterocycles. The molecule has 1 aromatic carbocycles. The molecule has 7 nitrogen and oxygen atoms in total. The zero-order valence-corrected chi connectivity index (χ0v) is 10.9. The van der Waals surface area contributed by atoms with Crippen molar-refractivity contribution < 1.29 is 24.2 Å². The van der Waals surface area contributed by atoms with Gasteiger partial charge in [-0.15, -0.1) is 0 Å². The SMILES string of the molecule is COC(=O)[C@@H](NC(=O)[C@H](N)CC(=O)O)c1ccccc1. The first-order valence-corrected chi connectivity index (χ1v) is 5.86. The molecule has 0 radical (unpaired) electrons. The number of nitrogens with two attached hydrogens (primary N) is 1. The van der Waals surface area contributed by atoms with Gasteiger partial charge in [0.15, 0.2) is 6.04 Å². The minimum Gasteiger partial charge on any atom is -0.481 e. The maximum atomic E-state index is 11.8. The molecule has 0 aromatic heterocycles. The Balaban J connectivity index is 2.84. The molecule has 1 rings (SSSR count). The predicted octanol–water partition coefficient (Wildman–Crippen LogP) is -0.181. The van der Waals surface area contributed by atoms with E-state index >= 15 is 0 Å². The number of carboxylic acids is 1. The van der Waals surface area contributed by atoms with Gasteiger partial charge in [-0.1, -0.05) is 30.3 Å². The van der Waals surface area contributed by atoms with Gasteiger partial charge in [-0.3, -0.25) is 9.59 Å². The van der Waals surface area contributed by atoms with E-state index in [2.05, 4.69) is 10.1 Å². The number of carbonyl (C=O) groups excluding carboxylic acids is 2. The molecule has 1 amide bonds. The lowest BCUT2D eigenvalue weighted by molar-refractivity contribution is -0.145. The summed E-state index contributed by atoms with van der Waals surface area (Å²) in [5.41, 5.74) is 5.96. The third-order valence-electron chi connectivity index (χ3n) is 2.59. The summed E-state index contributed by atoms with van der Waals surface area (Å²) < 4.78 is 4.62. The van der Waals surface area contributed by atoms with E-state index in [4.69, 9.17) is 10.8 Å². The number of methoxy groups -OCH3 is 1. The number of rotatable bonds is 6. The smallest absolute Gasteiger partial charge is 0.333 e. The van der Waals surface area contributed by atoms with E-state index in [1.807, 2.05) is 0 Å². The molecular weight excluding hydrogens is 264 g/mol. The average molecular weight is 280 g/mol. The van der Waals surface area contributed by atoms with Gasteiger partial charge in [0.05, 0.1) is 19.6 Å². The van der Waals surface area contributed by atoms with Crippen LogP contribution in [0.4, 0.5) is 0 Å². The highest BCUT2D eigenvalue weighted by Crippen LogP contribution is 2.14. The van der Waals surface area contributed by atoms with Gasteiger partial charge in [-0.2, -0.15) is 0 Å². The van der Waals surface area contributed by atoms with E-state index in [1.165, 1.54) is 7.11 Å². The molecule has 0 aliphatic carbocycles. The van der Waals surface area contributed by atoms with E-state index in [9.17, 15) is 14.4 Å². The Bertz CT molecular complexity index is 489. The highest BCUT2D eigenvalue weighted by molar-refractivity contribution is 5.90. The van der Waals surface area contributed by atoms with Crippen molar-refractivity contribution >= 4 is 17.8 Å². The molecule has 1 aromatic rings. The molecule has 0 unspecified atom stereocenters. The number of hydrogen-bond donors (Lipinski definition) is 3. The van der Waals surface area contributed by atoms with Crippen LogP contribution in [0.1, 0.15) is 18.0 Å². The first-order chi connectivity index (χ1) is 9.45. The van der Waals surface area contributed by atoms with Crippen LogP contribution in [0.5, 0.6) is 0 Å². The highest BCUT2D eigenvalue weighted by Gasteiger charge is 2.26. The summed E-state index contributed by atoms with van der Waals surface area (Å²) >= 11 is 0. The van der Waals surface area contributed by atoms with Crippen LogP contribution in [-0.4, -0.2) is 36.1 Å². The van der Waals surface area contributed by atoms with Gasteiger partial charge in [0.25, 0.3) is 0 Å². The normalized spacial score (nSPS) is 13.1. The summed E-state index contributed by atoms with van der Waals surface area (Å²) in [6.07, 6.45) is -0.519. The topological polar surface area (TPSA) is 119 Å². The molecule has 0 aliphatic rings. The lowest BCUT2D eigenvalue weighted by Crippen LogP contribution is -2.45. The van der Waals surface area contributed by atoms with Gasteiger partial charge >= 0.3 is 11.9 Å². The van der Waals surface area contributed by atoms with Crippen LogP contribution in [0.15, 0.2) is 30.3 Å². The Morgan fingerprint density at radius 3 is 2.40 bits per heavy atom. The van der Waals surface area contributed by atoms with Crippen molar-refractivity contribution in [2.45, 2.75) is 18.5 Å². The fourth-order valence-electron chi connectivity index (χ4n) is 1.57. The summed E-state index contributed by atoms with van der Waals surface area (Å²) in [5.74, 6) is -2.58. The standard InChI is InChI=1S/C13H16N2O5/c1-20-13(19)11(8-5-3-2-4-6-8)15-12(18)9(14)7-10(16)17/h2-6,9,11H,7,14H2,1H3,(H,15,18)(H,16,17)/t9-,11+/m1/s1. The van der Waals surface area contributed by atoms with E-state index in [-0.39, 0.29) is 0 Å². The maximum Gasteiger partial charge on any atom is 0.333 e. The number of carbonyl (C=O) groups is 3.